The standard InChI is InChI=1S/C14H17NO4/c1-9-7-11(19-2)3-4-12(9)13(16)15-6-5-10(8-15)14(17)18/h3-4,7,10H,5-6,8H2,1-2H3,(H,17,18). The molecule has 0 aliphatic carbocycles. The van der Waals surface area contributed by atoms with Crippen molar-refractivity contribution in [3.05, 3.63) is 29.3 Å². The van der Waals surface area contributed by atoms with Gasteiger partial charge in [-0.2, -0.15) is 0 Å². The van der Waals surface area contributed by atoms with Gasteiger partial charge in [0, 0.05) is 18.7 Å². The summed E-state index contributed by atoms with van der Waals surface area (Å²) < 4.78 is 5.10. The Morgan fingerprint density at radius 3 is 2.68 bits per heavy atom. The number of likely N-dealkylation sites (tertiary alicyclic amines) is 1. The molecule has 1 aliphatic heterocycles. The Bertz CT molecular complexity index is 512. The van der Waals surface area contributed by atoms with E-state index < -0.39 is 11.9 Å². The minimum absolute atomic E-state index is 0.107. The second-order valence-electron chi connectivity index (χ2n) is 4.76. The number of ether oxygens (including phenoxy) is 1. The summed E-state index contributed by atoms with van der Waals surface area (Å²) >= 11 is 0. The third-order valence-electron chi connectivity index (χ3n) is 3.49. The lowest BCUT2D eigenvalue weighted by molar-refractivity contribution is -0.141. The van der Waals surface area contributed by atoms with Crippen molar-refractivity contribution in [3.8, 4) is 5.75 Å². The van der Waals surface area contributed by atoms with Gasteiger partial charge >= 0.3 is 5.97 Å². The first-order chi connectivity index (χ1) is 9.02. The average Bonchev–Trinajstić information content (AvgIpc) is 2.87. The number of aryl methyl sites for hydroxylation is 1. The van der Waals surface area contributed by atoms with E-state index in [1.165, 1.54) is 0 Å². The van der Waals surface area contributed by atoms with Gasteiger partial charge in [-0.05, 0) is 37.1 Å². The largest absolute Gasteiger partial charge is 0.497 e. The van der Waals surface area contributed by atoms with E-state index in [1.807, 2.05) is 6.92 Å². The molecule has 1 heterocycles. The van der Waals surface area contributed by atoms with E-state index in [4.69, 9.17) is 9.84 Å². The van der Waals surface area contributed by atoms with Crippen molar-refractivity contribution in [2.45, 2.75) is 13.3 Å². The molecule has 1 amide bonds. The van der Waals surface area contributed by atoms with Crippen LogP contribution in [0.25, 0.3) is 0 Å². The number of carboxylic acid groups (broad SMARTS) is 1. The first-order valence-electron chi connectivity index (χ1n) is 6.19. The Morgan fingerprint density at radius 2 is 2.16 bits per heavy atom. The Hall–Kier alpha value is -2.04. The number of methoxy groups -OCH3 is 1. The molecule has 5 heteroatoms. The highest BCUT2D eigenvalue weighted by Crippen LogP contribution is 2.22. The average molecular weight is 263 g/mol. The molecule has 1 aromatic carbocycles. The zero-order chi connectivity index (χ0) is 14.0. The molecular formula is C14H17NO4. The minimum Gasteiger partial charge on any atom is -0.497 e. The highest BCUT2D eigenvalue weighted by atomic mass is 16.5. The molecule has 1 saturated heterocycles. The highest BCUT2D eigenvalue weighted by Gasteiger charge is 2.31. The Kier molecular flexibility index (Phi) is 3.74. The van der Waals surface area contributed by atoms with Gasteiger partial charge in [-0.1, -0.05) is 0 Å². The smallest absolute Gasteiger partial charge is 0.308 e. The number of amides is 1. The monoisotopic (exact) mass is 263 g/mol. The second kappa shape index (κ2) is 5.30. The van der Waals surface area contributed by atoms with Crippen LogP contribution < -0.4 is 4.74 Å². The lowest BCUT2D eigenvalue weighted by atomic mass is 10.1. The molecule has 0 radical (unpaired) electrons. The molecule has 1 aliphatic rings. The van der Waals surface area contributed by atoms with Crippen molar-refractivity contribution >= 4 is 11.9 Å². The first-order valence-corrected chi connectivity index (χ1v) is 6.19. The van der Waals surface area contributed by atoms with E-state index in [0.717, 1.165) is 5.56 Å². The van der Waals surface area contributed by atoms with E-state index >= 15 is 0 Å². The summed E-state index contributed by atoms with van der Waals surface area (Å²) in [6, 6.07) is 5.27. The number of carbonyl (C=O) groups excluding carboxylic acids is 1. The van der Waals surface area contributed by atoms with Crippen LogP contribution in [0.2, 0.25) is 0 Å². The van der Waals surface area contributed by atoms with Gasteiger partial charge in [0.15, 0.2) is 0 Å². The van der Waals surface area contributed by atoms with E-state index in [2.05, 4.69) is 0 Å². The van der Waals surface area contributed by atoms with Crippen LogP contribution in [0, 0.1) is 12.8 Å². The SMILES string of the molecule is COc1ccc(C(=O)N2CCC(C(=O)O)C2)c(C)c1. The van der Waals surface area contributed by atoms with Crippen LogP contribution in [0.3, 0.4) is 0 Å². The number of benzene rings is 1. The summed E-state index contributed by atoms with van der Waals surface area (Å²) in [4.78, 5) is 24.8. The third kappa shape index (κ3) is 2.70. The zero-order valence-electron chi connectivity index (χ0n) is 11.0. The van der Waals surface area contributed by atoms with Gasteiger partial charge in [-0.15, -0.1) is 0 Å². The van der Waals surface area contributed by atoms with Crippen LogP contribution in [0.5, 0.6) is 5.75 Å². The van der Waals surface area contributed by atoms with Crippen molar-refractivity contribution in [2.24, 2.45) is 5.92 Å². The molecular weight excluding hydrogens is 246 g/mol. The van der Waals surface area contributed by atoms with Crippen LogP contribution in [0.1, 0.15) is 22.3 Å². The number of carboxylic acids is 1. The summed E-state index contributed by atoms with van der Waals surface area (Å²) in [5.41, 5.74) is 1.44. The second-order valence-corrected chi connectivity index (χ2v) is 4.76. The molecule has 0 bridgehead atoms. The van der Waals surface area contributed by atoms with Gasteiger partial charge < -0.3 is 14.7 Å². The normalized spacial score (nSPS) is 18.4. The van der Waals surface area contributed by atoms with Gasteiger partial charge in [0.05, 0.1) is 13.0 Å². The van der Waals surface area contributed by atoms with Crippen LogP contribution in [0.15, 0.2) is 18.2 Å². The summed E-state index contributed by atoms with van der Waals surface area (Å²) in [5.74, 6) is -0.674. The fourth-order valence-electron chi connectivity index (χ4n) is 2.32. The van der Waals surface area contributed by atoms with E-state index in [9.17, 15) is 9.59 Å². The number of rotatable bonds is 3. The molecule has 5 nitrogen and oxygen atoms in total. The molecule has 1 unspecified atom stereocenters. The first kappa shape index (κ1) is 13.4. The predicted octanol–water partition coefficient (Wildman–Crippen LogP) is 1.55. The maximum atomic E-state index is 12.3. The topological polar surface area (TPSA) is 66.8 Å². The molecule has 19 heavy (non-hydrogen) atoms. The molecule has 102 valence electrons. The predicted molar refractivity (Wildman–Crippen MR) is 69.4 cm³/mol. The van der Waals surface area contributed by atoms with Gasteiger partial charge in [-0.25, -0.2) is 0 Å². The third-order valence-corrected chi connectivity index (χ3v) is 3.49. The molecule has 2 rings (SSSR count). The molecule has 1 aromatic rings. The van der Waals surface area contributed by atoms with Crippen molar-refractivity contribution in [3.63, 3.8) is 0 Å². The van der Waals surface area contributed by atoms with Gasteiger partial charge in [0.25, 0.3) is 5.91 Å². The zero-order valence-corrected chi connectivity index (χ0v) is 11.0. The Labute approximate surface area is 111 Å². The Morgan fingerprint density at radius 1 is 1.42 bits per heavy atom. The van der Waals surface area contributed by atoms with E-state index in [0.29, 0.717) is 30.8 Å². The lowest BCUT2D eigenvalue weighted by Crippen LogP contribution is -2.30. The van der Waals surface area contributed by atoms with E-state index in [1.54, 1.807) is 30.2 Å². The summed E-state index contributed by atoms with van der Waals surface area (Å²) in [6.07, 6.45) is 0.524. The molecule has 0 spiro atoms. The van der Waals surface area contributed by atoms with Gasteiger partial charge in [0.2, 0.25) is 0 Å². The van der Waals surface area contributed by atoms with Crippen molar-refractivity contribution in [2.75, 3.05) is 20.2 Å². The molecule has 0 saturated carbocycles. The summed E-state index contributed by atoms with van der Waals surface area (Å²) in [7, 11) is 1.58. The number of hydrogen-bond acceptors (Lipinski definition) is 3. The van der Waals surface area contributed by atoms with Crippen molar-refractivity contribution in [1.82, 2.24) is 4.90 Å². The maximum absolute atomic E-state index is 12.3. The number of carbonyl (C=O) groups is 2. The highest BCUT2D eigenvalue weighted by molar-refractivity contribution is 5.96. The number of aliphatic carboxylic acids is 1. The van der Waals surface area contributed by atoms with Crippen LogP contribution in [0.4, 0.5) is 0 Å². The fourth-order valence-corrected chi connectivity index (χ4v) is 2.32. The molecule has 1 N–H and O–H groups in total. The molecule has 1 atom stereocenters. The minimum atomic E-state index is -0.832. The number of hydrogen-bond donors (Lipinski definition) is 1. The summed E-state index contributed by atoms with van der Waals surface area (Å²) in [6.45, 7) is 2.64. The van der Waals surface area contributed by atoms with Crippen molar-refractivity contribution < 1.29 is 19.4 Å². The quantitative estimate of drug-likeness (QED) is 0.898. The fraction of sp³-hybridized carbons (Fsp3) is 0.429. The van der Waals surface area contributed by atoms with Crippen LogP contribution in [-0.2, 0) is 4.79 Å². The maximum Gasteiger partial charge on any atom is 0.308 e. The molecule has 0 aromatic heterocycles. The van der Waals surface area contributed by atoms with Crippen LogP contribution >= 0.6 is 0 Å². The van der Waals surface area contributed by atoms with Gasteiger partial charge in [-0.3, -0.25) is 9.59 Å². The molecule has 1 fully saturated rings. The van der Waals surface area contributed by atoms with Gasteiger partial charge in [0.1, 0.15) is 5.75 Å². The van der Waals surface area contributed by atoms with Crippen LogP contribution in [-0.4, -0.2) is 42.1 Å². The lowest BCUT2D eigenvalue weighted by Gasteiger charge is -2.17. The van der Waals surface area contributed by atoms with E-state index in [-0.39, 0.29) is 5.91 Å². The Balaban J connectivity index is 2.14. The number of nitrogens with zero attached hydrogens (tertiary/aromatic N) is 1. The van der Waals surface area contributed by atoms with Crippen molar-refractivity contribution in [1.29, 1.82) is 0 Å². The summed E-state index contributed by atoms with van der Waals surface area (Å²) in [5, 5.41) is 8.95.